The van der Waals surface area contributed by atoms with E-state index >= 15 is 0 Å². The van der Waals surface area contributed by atoms with E-state index in [1.54, 1.807) is 18.2 Å². The molecule has 0 unspecified atom stereocenters. The summed E-state index contributed by atoms with van der Waals surface area (Å²) in [6.45, 7) is 0. The average molecular weight is 659 g/mol. The first-order chi connectivity index (χ1) is 25.1. The van der Waals surface area contributed by atoms with Crippen LogP contribution in [0, 0.1) is 0 Å². The minimum absolute atomic E-state index is 0.220. The Balaban J connectivity index is 1.47. The van der Waals surface area contributed by atoms with Gasteiger partial charge in [0.15, 0.2) is 0 Å². The van der Waals surface area contributed by atoms with Crippen LogP contribution in [0.1, 0.15) is 33.1 Å². The number of carbonyl (C=O) groups is 1. The zero-order valence-electron chi connectivity index (χ0n) is 27.3. The topological polar surface area (TPSA) is 94.7 Å². The highest BCUT2D eigenvalue weighted by atomic mass is 16.4. The van der Waals surface area contributed by atoms with Crippen LogP contribution >= 0.6 is 0 Å². The Morgan fingerprint density at radius 2 is 1.02 bits per heavy atom. The number of carboxylic acids is 1. The van der Waals surface area contributed by atoms with Crippen LogP contribution in [-0.2, 0) is 0 Å². The molecule has 0 aliphatic carbocycles. The quantitative estimate of drug-likeness (QED) is 0.171. The Morgan fingerprint density at radius 1 is 0.490 bits per heavy atom. The molecule has 0 atom stereocenters. The average Bonchev–Trinajstić information content (AvgIpc) is 4.00. The Bertz CT molecular complexity index is 2710. The lowest BCUT2D eigenvalue weighted by molar-refractivity contribution is 0.0697. The second kappa shape index (κ2) is 12.4. The van der Waals surface area contributed by atoms with Crippen molar-refractivity contribution >= 4 is 52.3 Å². The molecule has 0 spiro atoms. The summed E-state index contributed by atoms with van der Waals surface area (Å²) in [5.41, 5.74) is 14.6. The van der Waals surface area contributed by atoms with Gasteiger partial charge < -0.3 is 15.1 Å². The fraction of sp³-hybridized carbons (Fsp3) is 0. The monoisotopic (exact) mass is 658 g/mol. The van der Waals surface area contributed by atoms with E-state index in [1.807, 2.05) is 72.8 Å². The van der Waals surface area contributed by atoms with E-state index in [0.29, 0.717) is 0 Å². The molecule has 8 bridgehead atoms. The Morgan fingerprint density at radius 3 is 1.63 bits per heavy atom. The van der Waals surface area contributed by atoms with Crippen LogP contribution in [0.25, 0.3) is 90.9 Å². The molecule has 0 radical (unpaired) electrons. The van der Waals surface area contributed by atoms with Crippen LogP contribution in [0.3, 0.4) is 0 Å². The van der Waals surface area contributed by atoms with Gasteiger partial charge in [-0.25, -0.2) is 14.8 Å². The molecule has 2 aliphatic heterocycles. The summed E-state index contributed by atoms with van der Waals surface area (Å²) in [7, 11) is 0. The lowest BCUT2D eigenvalue weighted by Crippen LogP contribution is -1.95. The van der Waals surface area contributed by atoms with Crippen molar-refractivity contribution in [1.29, 1.82) is 0 Å². The number of fused-ring (bicyclic) bond motifs is 8. The standard InChI is InChI=1S/C45H30N4O2/c50-45(51)32-18-10-17-31(25-32)35-27-34-26-33-19-20-36(46-33)41(28-11-4-1-5-12-28)37-21-22-38(48-37)42(29-13-6-2-7-14-29)39-23-24-40(49-39)43(44(35)47-34)30-15-8-3-9-16-30/h1-27,47-48H,(H,50,51). The smallest absolute Gasteiger partial charge is 0.335 e. The van der Waals surface area contributed by atoms with Crippen molar-refractivity contribution < 1.29 is 9.90 Å². The number of aromatic carboxylic acids is 1. The van der Waals surface area contributed by atoms with Crippen molar-refractivity contribution in [3.05, 3.63) is 168 Å². The molecule has 3 aromatic heterocycles. The van der Waals surface area contributed by atoms with Crippen molar-refractivity contribution in [3.8, 4) is 44.5 Å². The number of nitrogens with one attached hydrogen (secondary N) is 2. The molecule has 9 rings (SSSR count). The zero-order valence-corrected chi connectivity index (χ0v) is 27.3. The van der Waals surface area contributed by atoms with Crippen LogP contribution in [-0.4, -0.2) is 31.0 Å². The number of aromatic amines is 2. The summed E-state index contributed by atoms with van der Waals surface area (Å²) < 4.78 is 0. The first kappa shape index (κ1) is 30.0. The van der Waals surface area contributed by atoms with Gasteiger partial charge in [0.2, 0.25) is 0 Å². The largest absolute Gasteiger partial charge is 0.478 e. The summed E-state index contributed by atoms with van der Waals surface area (Å²) in [6.07, 6.45) is 8.23. The highest BCUT2D eigenvalue weighted by Crippen LogP contribution is 2.39. The van der Waals surface area contributed by atoms with Crippen molar-refractivity contribution in [1.82, 2.24) is 19.9 Å². The molecule has 51 heavy (non-hydrogen) atoms. The first-order valence-electron chi connectivity index (χ1n) is 16.8. The van der Waals surface area contributed by atoms with Crippen LogP contribution in [0.5, 0.6) is 0 Å². The third kappa shape index (κ3) is 5.55. The number of hydrogen-bond donors (Lipinski definition) is 3. The van der Waals surface area contributed by atoms with E-state index in [2.05, 4.69) is 82.8 Å². The zero-order chi connectivity index (χ0) is 34.3. The van der Waals surface area contributed by atoms with Crippen LogP contribution < -0.4 is 0 Å². The Kier molecular flexibility index (Phi) is 7.33. The summed E-state index contributed by atoms with van der Waals surface area (Å²) in [5.74, 6) is -0.976. The molecule has 0 saturated heterocycles. The highest BCUT2D eigenvalue weighted by Gasteiger charge is 2.19. The van der Waals surface area contributed by atoms with Gasteiger partial charge in [-0.15, -0.1) is 0 Å². The molecule has 3 N–H and O–H groups in total. The third-order valence-corrected chi connectivity index (χ3v) is 9.29. The van der Waals surface area contributed by atoms with Crippen molar-refractivity contribution in [2.45, 2.75) is 0 Å². The number of nitrogens with zero attached hydrogens (tertiary/aromatic N) is 2. The van der Waals surface area contributed by atoms with E-state index < -0.39 is 5.97 Å². The van der Waals surface area contributed by atoms with E-state index in [9.17, 15) is 9.90 Å². The number of hydrogen-bond acceptors (Lipinski definition) is 3. The Labute approximate surface area is 293 Å². The van der Waals surface area contributed by atoms with Crippen molar-refractivity contribution in [2.75, 3.05) is 0 Å². The van der Waals surface area contributed by atoms with E-state index in [0.717, 1.165) is 89.4 Å². The molecular weight excluding hydrogens is 629 g/mol. The van der Waals surface area contributed by atoms with Gasteiger partial charge in [-0.05, 0) is 83.0 Å². The SMILES string of the molecule is O=C(O)c1cccc(-c2cc3cc4nc(c(-c5ccccc5)c5ccc([nH]5)c(-c5ccccc5)c5nc(c(-c6ccccc6)c2[nH]3)C=C5)C=C4)c1. The van der Waals surface area contributed by atoms with Gasteiger partial charge >= 0.3 is 5.97 Å². The van der Waals surface area contributed by atoms with Crippen LogP contribution in [0.15, 0.2) is 140 Å². The maximum atomic E-state index is 12.1. The number of aromatic nitrogens is 4. The number of rotatable bonds is 5. The molecule has 7 aromatic rings. The normalized spacial score (nSPS) is 11.9. The fourth-order valence-corrected chi connectivity index (χ4v) is 7.00. The summed E-state index contributed by atoms with van der Waals surface area (Å²) >= 11 is 0. The lowest BCUT2D eigenvalue weighted by Gasteiger charge is -2.08. The second-order valence-corrected chi connectivity index (χ2v) is 12.5. The molecule has 6 heteroatoms. The van der Waals surface area contributed by atoms with Crippen molar-refractivity contribution in [3.63, 3.8) is 0 Å². The van der Waals surface area contributed by atoms with Gasteiger partial charge in [-0.3, -0.25) is 0 Å². The lowest BCUT2D eigenvalue weighted by atomic mass is 9.98. The van der Waals surface area contributed by atoms with Gasteiger partial charge in [0.25, 0.3) is 0 Å². The van der Waals surface area contributed by atoms with E-state index in [4.69, 9.17) is 9.97 Å². The van der Waals surface area contributed by atoms with Crippen molar-refractivity contribution in [2.24, 2.45) is 0 Å². The summed E-state index contributed by atoms with van der Waals surface area (Å²) in [4.78, 5) is 30.0. The molecular formula is C45H30N4O2. The first-order valence-corrected chi connectivity index (χ1v) is 16.8. The number of benzene rings is 4. The van der Waals surface area contributed by atoms with Gasteiger partial charge in [0.1, 0.15) is 0 Å². The molecule has 2 aliphatic rings. The predicted octanol–water partition coefficient (Wildman–Crippen LogP) is 11.0. The molecule has 0 fully saturated rings. The maximum Gasteiger partial charge on any atom is 0.335 e. The predicted molar refractivity (Wildman–Crippen MR) is 208 cm³/mol. The molecule has 4 aromatic carbocycles. The third-order valence-electron chi connectivity index (χ3n) is 9.29. The summed E-state index contributed by atoms with van der Waals surface area (Å²) in [5, 5.41) is 9.89. The highest BCUT2D eigenvalue weighted by molar-refractivity contribution is 6.02. The van der Waals surface area contributed by atoms with Gasteiger partial charge in [0, 0.05) is 38.8 Å². The maximum absolute atomic E-state index is 12.1. The van der Waals surface area contributed by atoms with E-state index in [1.165, 1.54) is 0 Å². The van der Waals surface area contributed by atoms with Gasteiger partial charge in [-0.2, -0.15) is 0 Å². The van der Waals surface area contributed by atoms with Crippen LogP contribution in [0.4, 0.5) is 0 Å². The fourth-order valence-electron chi connectivity index (χ4n) is 7.00. The number of H-pyrrole nitrogens is 2. The van der Waals surface area contributed by atoms with Gasteiger partial charge in [-0.1, -0.05) is 103 Å². The number of carboxylic acid groups (broad SMARTS) is 1. The van der Waals surface area contributed by atoms with Crippen LogP contribution in [0.2, 0.25) is 0 Å². The minimum atomic E-state index is -0.976. The molecule has 0 amide bonds. The van der Waals surface area contributed by atoms with E-state index in [-0.39, 0.29) is 5.56 Å². The molecule has 6 nitrogen and oxygen atoms in total. The Hall–Kier alpha value is -7.05. The minimum Gasteiger partial charge on any atom is -0.478 e. The molecule has 5 heterocycles. The summed E-state index contributed by atoms with van der Waals surface area (Å²) in [6, 6.07) is 46.2. The van der Waals surface area contributed by atoms with Gasteiger partial charge in [0.05, 0.1) is 33.9 Å². The molecule has 0 saturated carbocycles. The second-order valence-electron chi connectivity index (χ2n) is 12.5. The molecule has 242 valence electrons.